The van der Waals surface area contributed by atoms with Gasteiger partial charge in [0.25, 0.3) is 10.0 Å². The van der Waals surface area contributed by atoms with Crippen molar-refractivity contribution in [1.82, 2.24) is 10.2 Å². The van der Waals surface area contributed by atoms with Crippen molar-refractivity contribution in [2.75, 3.05) is 10.8 Å². The zero-order valence-electron chi connectivity index (χ0n) is 23.3. The smallest absolute Gasteiger partial charge is 0.264 e. The van der Waals surface area contributed by atoms with E-state index in [-0.39, 0.29) is 39.1 Å². The first kappa shape index (κ1) is 31.5. The first-order valence-electron chi connectivity index (χ1n) is 13.0. The number of benzene rings is 3. The highest BCUT2D eigenvalue weighted by atomic mass is 35.5. The van der Waals surface area contributed by atoms with E-state index in [9.17, 15) is 18.0 Å². The summed E-state index contributed by atoms with van der Waals surface area (Å²) in [5.74, 6) is -0.871. The van der Waals surface area contributed by atoms with E-state index in [0.29, 0.717) is 6.42 Å². The van der Waals surface area contributed by atoms with Crippen LogP contribution in [0.15, 0.2) is 71.6 Å². The molecular formula is C30H35Cl2N3O4S. The van der Waals surface area contributed by atoms with Crippen LogP contribution < -0.4 is 9.62 Å². The SMILES string of the molecule is CC[C@@H](C(=O)NC(C)C)N(Cc1ccc(C)cc1)C(=O)CN(c1cc(Cl)ccc1Cl)S(=O)(=O)c1ccc(C)cc1. The molecule has 0 saturated heterocycles. The Morgan fingerprint density at radius 2 is 1.48 bits per heavy atom. The van der Waals surface area contributed by atoms with Gasteiger partial charge in [0, 0.05) is 17.6 Å². The summed E-state index contributed by atoms with van der Waals surface area (Å²) in [6.45, 7) is 8.83. The van der Waals surface area contributed by atoms with E-state index in [2.05, 4.69) is 5.32 Å². The first-order chi connectivity index (χ1) is 18.8. The quantitative estimate of drug-likeness (QED) is 0.285. The molecule has 0 spiro atoms. The Labute approximate surface area is 247 Å². The van der Waals surface area contributed by atoms with Crippen LogP contribution >= 0.6 is 23.2 Å². The lowest BCUT2D eigenvalue weighted by Gasteiger charge is -2.33. The molecule has 0 fully saturated rings. The van der Waals surface area contributed by atoms with Gasteiger partial charge in [-0.05, 0) is 70.0 Å². The third-order valence-electron chi connectivity index (χ3n) is 6.36. The van der Waals surface area contributed by atoms with E-state index in [1.54, 1.807) is 18.2 Å². The highest BCUT2D eigenvalue weighted by Crippen LogP contribution is 2.33. The second-order valence-electron chi connectivity index (χ2n) is 10.0. The third kappa shape index (κ3) is 7.77. The molecule has 40 heavy (non-hydrogen) atoms. The lowest BCUT2D eigenvalue weighted by molar-refractivity contribution is -0.140. The molecule has 0 bridgehead atoms. The van der Waals surface area contributed by atoms with Gasteiger partial charge in [0.1, 0.15) is 12.6 Å². The van der Waals surface area contributed by atoms with Gasteiger partial charge in [-0.15, -0.1) is 0 Å². The van der Waals surface area contributed by atoms with E-state index in [4.69, 9.17) is 23.2 Å². The Balaban J connectivity index is 2.10. The summed E-state index contributed by atoms with van der Waals surface area (Å²) in [7, 11) is -4.25. The molecule has 0 aromatic heterocycles. The molecule has 0 radical (unpaired) electrons. The largest absolute Gasteiger partial charge is 0.352 e. The molecule has 0 unspecified atom stereocenters. The summed E-state index contributed by atoms with van der Waals surface area (Å²) in [6.07, 6.45) is 0.332. The standard InChI is InChI=1S/C30H35Cl2N3O4S/c1-6-27(30(37)33-20(2)3)34(18-23-11-7-21(4)8-12-23)29(36)19-35(28-17-24(31)13-16-26(28)32)40(38,39)25-14-9-22(5)10-15-25/h7-17,20,27H,6,18-19H2,1-5H3,(H,33,37)/t27-/m0/s1. The molecule has 10 heteroatoms. The number of hydrogen-bond donors (Lipinski definition) is 1. The minimum atomic E-state index is -4.25. The monoisotopic (exact) mass is 603 g/mol. The molecule has 1 atom stereocenters. The predicted molar refractivity (Wildman–Crippen MR) is 161 cm³/mol. The van der Waals surface area contributed by atoms with Gasteiger partial charge in [0.15, 0.2) is 0 Å². The van der Waals surface area contributed by atoms with Crippen LogP contribution in [0.4, 0.5) is 5.69 Å². The van der Waals surface area contributed by atoms with Gasteiger partial charge >= 0.3 is 0 Å². The highest BCUT2D eigenvalue weighted by Gasteiger charge is 2.34. The number of aryl methyl sites for hydroxylation is 2. The van der Waals surface area contributed by atoms with Gasteiger partial charge < -0.3 is 10.2 Å². The number of nitrogens with zero attached hydrogens (tertiary/aromatic N) is 2. The third-order valence-corrected chi connectivity index (χ3v) is 8.68. The second-order valence-corrected chi connectivity index (χ2v) is 12.7. The summed E-state index contributed by atoms with van der Waals surface area (Å²) < 4.78 is 28.9. The number of carbonyl (C=O) groups is 2. The van der Waals surface area contributed by atoms with Crippen molar-refractivity contribution in [3.05, 3.63) is 93.5 Å². The molecule has 0 heterocycles. The molecule has 1 N–H and O–H groups in total. The van der Waals surface area contributed by atoms with Crippen LogP contribution in [0.1, 0.15) is 43.9 Å². The number of carbonyl (C=O) groups excluding carboxylic acids is 2. The minimum Gasteiger partial charge on any atom is -0.352 e. The topological polar surface area (TPSA) is 86.8 Å². The van der Waals surface area contributed by atoms with Crippen LogP contribution in [-0.4, -0.2) is 43.8 Å². The van der Waals surface area contributed by atoms with E-state index >= 15 is 0 Å². The van der Waals surface area contributed by atoms with E-state index in [0.717, 1.165) is 21.0 Å². The summed E-state index contributed by atoms with van der Waals surface area (Å²) in [5.41, 5.74) is 2.81. The number of amides is 2. The van der Waals surface area contributed by atoms with Crippen molar-refractivity contribution in [3.8, 4) is 0 Å². The van der Waals surface area contributed by atoms with Gasteiger partial charge in [0.2, 0.25) is 11.8 Å². The number of anilines is 1. The lowest BCUT2D eigenvalue weighted by atomic mass is 10.1. The Hall–Kier alpha value is -3.07. The molecule has 3 rings (SSSR count). The van der Waals surface area contributed by atoms with E-state index in [1.165, 1.54) is 29.2 Å². The van der Waals surface area contributed by atoms with Gasteiger partial charge in [-0.2, -0.15) is 0 Å². The average Bonchev–Trinajstić information content (AvgIpc) is 2.89. The molecule has 2 amide bonds. The first-order valence-corrected chi connectivity index (χ1v) is 15.2. The van der Waals surface area contributed by atoms with Crippen molar-refractivity contribution < 1.29 is 18.0 Å². The molecule has 214 valence electrons. The van der Waals surface area contributed by atoms with Crippen LogP contribution in [0, 0.1) is 13.8 Å². The average molecular weight is 605 g/mol. The summed E-state index contributed by atoms with van der Waals surface area (Å²) in [4.78, 5) is 28.7. The normalized spacial score (nSPS) is 12.2. The number of rotatable bonds is 11. The fraction of sp³-hybridized carbons (Fsp3) is 0.333. The Morgan fingerprint density at radius 3 is 2.02 bits per heavy atom. The second kappa shape index (κ2) is 13.5. The zero-order chi connectivity index (χ0) is 29.6. The Kier molecular flexibility index (Phi) is 10.6. The highest BCUT2D eigenvalue weighted by molar-refractivity contribution is 7.92. The molecule has 7 nitrogen and oxygen atoms in total. The van der Waals surface area contributed by atoms with Gasteiger partial charge in [-0.1, -0.05) is 77.7 Å². The summed E-state index contributed by atoms with van der Waals surface area (Å²) in [6, 6.07) is 17.4. The van der Waals surface area contributed by atoms with E-state index in [1.807, 2.05) is 58.9 Å². The van der Waals surface area contributed by atoms with Gasteiger partial charge in [-0.25, -0.2) is 8.42 Å². The maximum atomic E-state index is 14.1. The van der Waals surface area contributed by atoms with Crippen LogP contribution in [0.5, 0.6) is 0 Å². The predicted octanol–water partition coefficient (Wildman–Crippen LogP) is 6.14. The Bertz CT molecular complexity index is 1440. The number of sulfonamides is 1. The zero-order valence-corrected chi connectivity index (χ0v) is 25.6. The van der Waals surface area contributed by atoms with Crippen molar-refractivity contribution in [1.29, 1.82) is 0 Å². The molecule has 0 saturated carbocycles. The van der Waals surface area contributed by atoms with Crippen molar-refractivity contribution >= 4 is 50.7 Å². The number of nitrogens with one attached hydrogen (secondary N) is 1. The molecule has 0 aliphatic rings. The summed E-state index contributed by atoms with van der Waals surface area (Å²) >= 11 is 12.7. The fourth-order valence-corrected chi connectivity index (χ4v) is 6.08. The summed E-state index contributed by atoms with van der Waals surface area (Å²) in [5, 5.41) is 3.26. The van der Waals surface area contributed by atoms with Crippen molar-refractivity contribution in [2.24, 2.45) is 0 Å². The van der Waals surface area contributed by atoms with Crippen LogP contribution in [0.2, 0.25) is 10.0 Å². The molecule has 3 aromatic carbocycles. The minimum absolute atomic E-state index is 0.00313. The lowest BCUT2D eigenvalue weighted by Crippen LogP contribution is -2.53. The van der Waals surface area contributed by atoms with Gasteiger partial charge in [0.05, 0.1) is 15.6 Å². The molecule has 0 aliphatic heterocycles. The van der Waals surface area contributed by atoms with Crippen molar-refractivity contribution in [2.45, 2.75) is 64.6 Å². The van der Waals surface area contributed by atoms with E-state index < -0.39 is 28.5 Å². The Morgan fingerprint density at radius 1 is 0.900 bits per heavy atom. The molecule has 0 aliphatic carbocycles. The molecular weight excluding hydrogens is 569 g/mol. The number of hydrogen-bond acceptors (Lipinski definition) is 4. The van der Waals surface area contributed by atoms with Crippen LogP contribution in [-0.2, 0) is 26.2 Å². The fourth-order valence-electron chi connectivity index (χ4n) is 4.22. The maximum Gasteiger partial charge on any atom is 0.264 e. The molecule has 3 aromatic rings. The van der Waals surface area contributed by atoms with Crippen LogP contribution in [0.25, 0.3) is 0 Å². The van der Waals surface area contributed by atoms with Crippen LogP contribution in [0.3, 0.4) is 0 Å². The maximum absolute atomic E-state index is 14.1. The van der Waals surface area contributed by atoms with Gasteiger partial charge in [-0.3, -0.25) is 13.9 Å². The number of halogens is 2. The van der Waals surface area contributed by atoms with Crippen molar-refractivity contribution in [3.63, 3.8) is 0 Å².